The third-order valence-corrected chi connectivity index (χ3v) is 4.89. The Morgan fingerprint density at radius 1 is 0.917 bits per heavy atom. The van der Waals surface area contributed by atoms with E-state index in [2.05, 4.69) is 26.6 Å². The van der Waals surface area contributed by atoms with Crippen LogP contribution in [0.15, 0.2) is 53.0 Å². The lowest BCUT2D eigenvalue weighted by Crippen LogP contribution is -2.32. The van der Waals surface area contributed by atoms with E-state index in [0.717, 1.165) is 17.3 Å². The van der Waals surface area contributed by atoms with Crippen LogP contribution in [-0.4, -0.2) is 17.9 Å². The zero-order valence-corrected chi connectivity index (χ0v) is 14.8. The van der Waals surface area contributed by atoms with Crippen molar-refractivity contribution >= 4 is 33.4 Å². The van der Waals surface area contributed by atoms with Gasteiger partial charge in [-0.15, -0.1) is 0 Å². The largest absolute Gasteiger partial charge is 0.349 e. The summed E-state index contributed by atoms with van der Waals surface area (Å²) in [4.78, 5) is 24.8. The van der Waals surface area contributed by atoms with Crippen molar-refractivity contribution in [3.05, 3.63) is 64.1 Å². The number of hydrogen-bond donors (Lipinski definition) is 2. The highest BCUT2D eigenvalue weighted by Crippen LogP contribution is 2.22. The molecule has 3 rings (SSSR count). The van der Waals surface area contributed by atoms with Crippen LogP contribution in [0.1, 0.15) is 46.4 Å². The Balaban J connectivity index is 1.71. The van der Waals surface area contributed by atoms with Crippen LogP contribution in [0.3, 0.4) is 0 Å². The van der Waals surface area contributed by atoms with Gasteiger partial charge in [0.25, 0.3) is 11.8 Å². The SMILES string of the molecule is O=C(Nc1ccccc1Br)c1cccc(C(=O)NC2CCCC2)c1. The molecule has 2 N–H and O–H groups in total. The van der Waals surface area contributed by atoms with Crippen LogP contribution in [0.5, 0.6) is 0 Å². The van der Waals surface area contributed by atoms with Crippen molar-refractivity contribution in [2.45, 2.75) is 31.7 Å². The van der Waals surface area contributed by atoms with Crippen LogP contribution >= 0.6 is 15.9 Å². The fraction of sp³-hybridized carbons (Fsp3) is 0.263. The molecule has 1 aliphatic carbocycles. The lowest BCUT2D eigenvalue weighted by molar-refractivity contribution is 0.0938. The Bertz CT molecular complexity index is 755. The molecule has 124 valence electrons. The molecule has 0 atom stereocenters. The zero-order chi connectivity index (χ0) is 16.9. The zero-order valence-electron chi connectivity index (χ0n) is 13.2. The van der Waals surface area contributed by atoms with Crippen molar-refractivity contribution in [1.29, 1.82) is 0 Å². The molecule has 0 unspecified atom stereocenters. The summed E-state index contributed by atoms with van der Waals surface area (Å²) in [5, 5.41) is 5.89. The van der Waals surface area contributed by atoms with E-state index in [1.54, 1.807) is 24.3 Å². The molecule has 0 spiro atoms. The van der Waals surface area contributed by atoms with E-state index >= 15 is 0 Å². The number of rotatable bonds is 4. The number of halogens is 1. The first-order chi connectivity index (χ1) is 11.6. The van der Waals surface area contributed by atoms with Gasteiger partial charge in [-0.2, -0.15) is 0 Å². The van der Waals surface area contributed by atoms with Crippen molar-refractivity contribution in [2.24, 2.45) is 0 Å². The summed E-state index contributed by atoms with van der Waals surface area (Å²) < 4.78 is 0.813. The molecule has 1 saturated carbocycles. The first-order valence-electron chi connectivity index (χ1n) is 8.10. The smallest absolute Gasteiger partial charge is 0.255 e. The molecule has 0 heterocycles. The molecule has 2 aromatic rings. The molecule has 0 aromatic heterocycles. The molecule has 4 nitrogen and oxygen atoms in total. The molecule has 2 amide bonds. The Labute approximate surface area is 149 Å². The average molecular weight is 387 g/mol. The predicted octanol–water partition coefficient (Wildman–Crippen LogP) is 4.37. The quantitative estimate of drug-likeness (QED) is 0.819. The molecular formula is C19H19BrN2O2. The first-order valence-corrected chi connectivity index (χ1v) is 8.89. The van der Waals surface area contributed by atoms with Gasteiger partial charge < -0.3 is 10.6 Å². The molecule has 0 bridgehead atoms. The molecular weight excluding hydrogens is 368 g/mol. The van der Waals surface area contributed by atoms with Gasteiger partial charge in [0.1, 0.15) is 0 Å². The second kappa shape index (κ2) is 7.62. The van der Waals surface area contributed by atoms with E-state index in [4.69, 9.17) is 0 Å². The fourth-order valence-corrected chi connectivity index (χ4v) is 3.28. The van der Waals surface area contributed by atoms with Crippen LogP contribution in [-0.2, 0) is 0 Å². The van der Waals surface area contributed by atoms with Gasteiger partial charge in [-0.3, -0.25) is 9.59 Å². The summed E-state index contributed by atoms with van der Waals surface area (Å²) in [7, 11) is 0. The van der Waals surface area contributed by atoms with Crippen molar-refractivity contribution < 1.29 is 9.59 Å². The third-order valence-electron chi connectivity index (χ3n) is 4.20. The molecule has 0 radical (unpaired) electrons. The summed E-state index contributed by atoms with van der Waals surface area (Å²) in [5.41, 5.74) is 1.68. The minimum atomic E-state index is -0.239. The monoisotopic (exact) mass is 386 g/mol. The standard InChI is InChI=1S/C19H19BrN2O2/c20-16-10-3-4-11-17(16)22-19(24)14-7-5-6-13(12-14)18(23)21-15-8-1-2-9-15/h3-7,10-12,15H,1-2,8-9H2,(H,21,23)(H,22,24). The third kappa shape index (κ3) is 4.03. The van der Waals surface area contributed by atoms with E-state index in [0.29, 0.717) is 16.8 Å². The molecule has 0 aliphatic heterocycles. The average Bonchev–Trinajstić information content (AvgIpc) is 3.10. The number of para-hydroxylation sites is 1. The lowest BCUT2D eigenvalue weighted by atomic mass is 10.1. The van der Waals surface area contributed by atoms with Gasteiger partial charge in [0.2, 0.25) is 0 Å². The Hall–Kier alpha value is -2.14. The van der Waals surface area contributed by atoms with Gasteiger partial charge in [-0.05, 0) is 59.1 Å². The van der Waals surface area contributed by atoms with E-state index in [1.807, 2.05) is 24.3 Å². The Kier molecular flexibility index (Phi) is 5.30. The number of amides is 2. The summed E-state index contributed by atoms with van der Waals surface area (Å²) in [5.74, 6) is -0.352. The fourth-order valence-electron chi connectivity index (χ4n) is 2.90. The molecule has 1 aliphatic rings. The van der Waals surface area contributed by atoms with Crippen LogP contribution in [0.25, 0.3) is 0 Å². The number of nitrogens with one attached hydrogen (secondary N) is 2. The highest BCUT2D eigenvalue weighted by molar-refractivity contribution is 9.10. The molecule has 5 heteroatoms. The van der Waals surface area contributed by atoms with E-state index in [-0.39, 0.29) is 17.9 Å². The minimum absolute atomic E-state index is 0.113. The first kappa shape index (κ1) is 16.7. The van der Waals surface area contributed by atoms with Gasteiger partial charge in [0.05, 0.1) is 5.69 Å². The van der Waals surface area contributed by atoms with Gasteiger partial charge in [-0.25, -0.2) is 0 Å². The Morgan fingerprint density at radius 3 is 2.29 bits per heavy atom. The topological polar surface area (TPSA) is 58.2 Å². The molecule has 2 aromatic carbocycles. The molecule has 24 heavy (non-hydrogen) atoms. The van der Waals surface area contributed by atoms with E-state index in [9.17, 15) is 9.59 Å². The van der Waals surface area contributed by atoms with Gasteiger partial charge >= 0.3 is 0 Å². The van der Waals surface area contributed by atoms with Crippen LogP contribution in [0.2, 0.25) is 0 Å². The lowest BCUT2D eigenvalue weighted by Gasteiger charge is -2.12. The number of benzene rings is 2. The van der Waals surface area contributed by atoms with Crippen LogP contribution in [0.4, 0.5) is 5.69 Å². The summed E-state index contributed by atoms with van der Waals surface area (Å²) in [6.45, 7) is 0. The summed E-state index contributed by atoms with van der Waals surface area (Å²) in [6.07, 6.45) is 4.40. The number of carbonyl (C=O) groups is 2. The summed E-state index contributed by atoms with van der Waals surface area (Å²) >= 11 is 3.41. The minimum Gasteiger partial charge on any atom is -0.349 e. The normalized spacial score (nSPS) is 14.4. The second-order valence-corrected chi connectivity index (χ2v) is 6.82. The van der Waals surface area contributed by atoms with Crippen LogP contribution < -0.4 is 10.6 Å². The van der Waals surface area contributed by atoms with Crippen molar-refractivity contribution in [1.82, 2.24) is 5.32 Å². The van der Waals surface area contributed by atoms with E-state index in [1.165, 1.54) is 12.8 Å². The van der Waals surface area contributed by atoms with Crippen LogP contribution in [0, 0.1) is 0 Å². The maximum atomic E-state index is 12.4. The maximum absolute atomic E-state index is 12.4. The van der Waals surface area contributed by atoms with Gasteiger partial charge in [0, 0.05) is 21.6 Å². The molecule has 1 fully saturated rings. The molecule has 0 saturated heterocycles. The highest BCUT2D eigenvalue weighted by atomic mass is 79.9. The number of hydrogen-bond acceptors (Lipinski definition) is 2. The number of anilines is 1. The van der Waals surface area contributed by atoms with E-state index < -0.39 is 0 Å². The van der Waals surface area contributed by atoms with Crippen molar-refractivity contribution in [2.75, 3.05) is 5.32 Å². The highest BCUT2D eigenvalue weighted by Gasteiger charge is 2.18. The summed E-state index contributed by atoms with van der Waals surface area (Å²) in [6, 6.07) is 14.5. The second-order valence-electron chi connectivity index (χ2n) is 5.97. The maximum Gasteiger partial charge on any atom is 0.255 e. The van der Waals surface area contributed by atoms with Gasteiger partial charge in [-0.1, -0.05) is 31.0 Å². The Morgan fingerprint density at radius 2 is 1.58 bits per heavy atom. The van der Waals surface area contributed by atoms with Crippen molar-refractivity contribution in [3.63, 3.8) is 0 Å². The number of carbonyl (C=O) groups excluding carboxylic acids is 2. The van der Waals surface area contributed by atoms with Crippen molar-refractivity contribution in [3.8, 4) is 0 Å². The van der Waals surface area contributed by atoms with Gasteiger partial charge in [0.15, 0.2) is 0 Å². The predicted molar refractivity (Wildman–Crippen MR) is 98.3 cm³/mol.